The Morgan fingerprint density at radius 3 is 2.71 bits per heavy atom. The summed E-state index contributed by atoms with van der Waals surface area (Å²) in [6.07, 6.45) is 5.85. The summed E-state index contributed by atoms with van der Waals surface area (Å²) in [5.41, 5.74) is 2.30. The van der Waals surface area contributed by atoms with E-state index in [-0.39, 0.29) is 11.3 Å². The van der Waals surface area contributed by atoms with Gasteiger partial charge in [-0.1, -0.05) is 23.7 Å². The van der Waals surface area contributed by atoms with Gasteiger partial charge in [-0.3, -0.25) is 14.7 Å². The molecular formula is C22H22ClN5O3. The molecule has 8 nitrogen and oxygen atoms in total. The van der Waals surface area contributed by atoms with Crippen LogP contribution in [-0.2, 0) is 16.1 Å². The Morgan fingerprint density at radius 1 is 1.26 bits per heavy atom. The fourth-order valence-corrected chi connectivity index (χ4v) is 4.21. The van der Waals surface area contributed by atoms with E-state index in [9.17, 15) is 14.7 Å². The van der Waals surface area contributed by atoms with Crippen LogP contribution in [0.25, 0.3) is 5.76 Å². The molecule has 1 unspecified atom stereocenters. The van der Waals surface area contributed by atoms with E-state index in [4.69, 9.17) is 11.6 Å². The molecule has 0 saturated carbocycles. The minimum atomic E-state index is -0.741. The van der Waals surface area contributed by atoms with Gasteiger partial charge in [0, 0.05) is 36.2 Å². The van der Waals surface area contributed by atoms with Gasteiger partial charge in [-0.15, -0.1) is 0 Å². The maximum absolute atomic E-state index is 13.0. The van der Waals surface area contributed by atoms with E-state index < -0.39 is 17.7 Å². The average molecular weight is 440 g/mol. The fraction of sp³-hybridized carbons (Fsp3) is 0.273. The number of aromatic amines is 1. The minimum absolute atomic E-state index is 0.0440. The van der Waals surface area contributed by atoms with Gasteiger partial charge >= 0.3 is 0 Å². The van der Waals surface area contributed by atoms with Gasteiger partial charge in [-0.05, 0) is 38.0 Å². The van der Waals surface area contributed by atoms with Crippen LogP contribution < -0.4 is 0 Å². The molecule has 2 N–H and O–H groups in total. The smallest absolute Gasteiger partial charge is 0.295 e. The van der Waals surface area contributed by atoms with E-state index in [1.54, 1.807) is 50.6 Å². The van der Waals surface area contributed by atoms with Gasteiger partial charge in [-0.25, -0.2) is 4.98 Å². The molecule has 0 aliphatic carbocycles. The van der Waals surface area contributed by atoms with Gasteiger partial charge in [0.2, 0.25) is 0 Å². The summed E-state index contributed by atoms with van der Waals surface area (Å²) >= 11 is 6.20. The molecule has 160 valence electrons. The van der Waals surface area contributed by atoms with Crippen LogP contribution in [0.3, 0.4) is 0 Å². The lowest BCUT2D eigenvalue weighted by Gasteiger charge is -2.25. The number of aliphatic hydroxyl groups excluding tert-OH is 1. The van der Waals surface area contributed by atoms with Crippen molar-refractivity contribution in [3.63, 3.8) is 0 Å². The average Bonchev–Trinajstić information content (AvgIpc) is 3.43. The number of ketones is 1. The van der Waals surface area contributed by atoms with Crippen LogP contribution in [0.4, 0.5) is 0 Å². The standard InChI is InChI=1S/C22H22ClN5O3/c1-13-17(14(2)26-25-13)20(29)18-19(15-5-3-6-16(23)11-15)28(22(31)21(18)30)9-4-8-27-10-7-24-12-27/h3,5-7,10-12,19,29H,4,8-9H2,1-2H3,(H,25,26). The number of aryl methyl sites for hydroxylation is 3. The van der Waals surface area contributed by atoms with E-state index in [0.717, 1.165) is 0 Å². The van der Waals surface area contributed by atoms with Gasteiger partial charge in [-0.2, -0.15) is 5.10 Å². The van der Waals surface area contributed by atoms with Gasteiger partial charge in [0.15, 0.2) is 0 Å². The Morgan fingerprint density at radius 2 is 2.06 bits per heavy atom. The van der Waals surface area contributed by atoms with E-state index >= 15 is 0 Å². The topological polar surface area (TPSA) is 104 Å². The van der Waals surface area contributed by atoms with E-state index in [1.807, 2.05) is 10.8 Å². The number of likely N-dealkylation sites (tertiary alicyclic amines) is 1. The Hall–Kier alpha value is -3.39. The third-order valence-electron chi connectivity index (χ3n) is 5.44. The molecule has 1 saturated heterocycles. The van der Waals surface area contributed by atoms with Crippen molar-refractivity contribution in [3.05, 3.63) is 76.1 Å². The molecule has 9 heteroatoms. The third-order valence-corrected chi connectivity index (χ3v) is 5.68. The molecule has 1 fully saturated rings. The molecule has 0 radical (unpaired) electrons. The molecule has 0 spiro atoms. The molecule has 1 aliphatic heterocycles. The molecule has 0 bridgehead atoms. The third kappa shape index (κ3) is 3.86. The first kappa shape index (κ1) is 20.9. The zero-order valence-electron chi connectivity index (χ0n) is 17.2. The summed E-state index contributed by atoms with van der Waals surface area (Å²) in [7, 11) is 0. The Bertz CT molecular complexity index is 1150. The van der Waals surface area contributed by atoms with Crippen molar-refractivity contribution in [2.75, 3.05) is 6.54 Å². The number of hydrogen-bond acceptors (Lipinski definition) is 5. The number of H-pyrrole nitrogens is 1. The quantitative estimate of drug-likeness (QED) is 0.348. The lowest BCUT2D eigenvalue weighted by molar-refractivity contribution is -0.139. The van der Waals surface area contributed by atoms with E-state index in [1.165, 1.54) is 4.90 Å². The molecule has 4 rings (SSSR count). The highest BCUT2D eigenvalue weighted by Gasteiger charge is 2.46. The van der Waals surface area contributed by atoms with Crippen molar-refractivity contribution < 1.29 is 14.7 Å². The molecule has 1 aromatic carbocycles. The number of amides is 1. The maximum atomic E-state index is 13.0. The van der Waals surface area contributed by atoms with Crippen molar-refractivity contribution in [1.82, 2.24) is 24.6 Å². The van der Waals surface area contributed by atoms with Crippen molar-refractivity contribution >= 4 is 29.1 Å². The highest BCUT2D eigenvalue weighted by atomic mass is 35.5. The number of nitrogens with one attached hydrogen (secondary N) is 1. The van der Waals surface area contributed by atoms with Gasteiger partial charge in [0.25, 0.3) is 11.7 Å². The van der Waals surface area contributed by atoms with Gasteiger partial charge in [0.05, 0.1) is 29.2 Å². The number of halogens is 1. The summed E-state index contributed by atoms with van der Waals surface area (Å²) < 4.78 is 1.91. The van der Waals surface area contributed by atoms with Crippen LogP contribution in [-0.4, -0.2) is 48.0 Å². The van der Waals surface area contributed by atoms with Crippen molar-refractivity contribution in [2.45, 2.75) is 32.9 Å². The van der Waals surface area contributed by atoms with Crippen LogP contribution in [0, 0.1) is 13.8 Å². The van der Waals surface area contributed by atoms with Gasteiger partial charge < -0.3 is 14.6 Å². The predicted molar refractivity (Wildman–Crippen MR) is 115 cm³/mol. The number of Topliss-reactive ketones (excluding diaryl/α,β-unsaturated/α-hetero) is 1. The highest BCUT2D eigenvalue weighted by Crippen LogP contribution is 2.40. The normalized spacial score (nSPS) is 18.2. The van der Waals surface area contributed by atoms with Crippen LogP contribution in [0.5, 0.6) is 0 Å². The zero-order valence-corrected chi connectivity index (χ0v) is 17.9. The minimum Gasteiger partial charge on any atom is -0.507 e. The number of aliphatic hydroxyl groups is 1. The molecule has 3 heterocycles. The van der Waals surface area contributed by atoms with Crippen LogP contribution in [0.1, 0.15) is 35.0 Å². The lowest BCUT2D eigenvalue weighted by Crippen LogP contribution is -2.31. The molecule has 31 heavy (non-hydrogen) atoms. The Balaban J connectivity index is 1.77. The second kappa shape index (κ2) is 8.39. The molecule has 1 aliphatic rings. The van der Waals surface area contributed by atoms with Crippen LogP contribution >= 0.6 is 11.6 Å². The summed E-state index contributed by atoms with van der Waals surface area (Å²) in [5, 5.41) is 18.5. The van der Waals surface area contributed by atoms with E-state index in [0.29, 0.717) is 47.0 Å². The highest BCUT2D eigenvalue weighted by molar-refractivity contribution is 6.46. The number of benzene rings is 1. The van der Waals surface area contributed by atoms with Crippen LogP contribution in [0.15, 0.2) is 48.6 Å². The fourth-order valence-electron chi connectivity index (χ4n) is 4.01. The first-order chi connectivity index (χ1) is 14.9. The number of carbonyl (C=O) groups is 2. The molecule has 1 amide bonds. The number of imidazole rings is 1. The first-order valence-electron chi connectivity index (χ1n) is 9.90. The molecular weight excluding hydrogens is 418 g/mol. The predicted octanol–water partition coefficient (Wildman–Crippen LogP) is 3.39. The Kier molecular flexibility index (Phi) is 5.65. The number of carbonyl (C=O) groups excluding carboxylic acids is 2. The van der Waals surface area contributed by atoms with Crippen molar-refractivity contribution in [1.29, 1.82) is 0 Å². The maximum Gasteiger partial charge on any atom is 0.295 e. The summed E-state index contributed by atoms with van der Waals surface area (Å²) in [6.45, 7) is 4.46. The van der Waals surface area contributed by atoms with Crippen LogP contribution in [0.2, 0.25) is 5.02 Å². The first-order valence-corrected chi connectivity index (χ1v) is 10.3. The Labute approximate surface area is 184 Å². The molecule has 2 aromatic heterocycles. The van der Waals surface area contributed by atoms with Crippen molar-refractivity contribution in [2.24, 2.45) is 0 Å². The summed E-state index contributed by atoms with van der Waals surface area (Å²) in [5.74, 6) is -1.59. The number of rotatable bonds is 6. The molecule has 3 aromatic rings. The number of nitrogens with zero attached hydrogens (tertiary/aromatic N) is 4. The summed E-state index contributed by atoms with van der Waals surface area (Å²) in [4.78, 5) is 31.5. The SMILES string of the molecule is Cc1n[nH]c(C)c1C(O)=C1C(=O)C(=O)N(CCCn2ccnc2)C1c1cccc(Cl)c1. The monoisotopic (exact) mass is 439 g/mol. The number of hydrogen-bond donors (Lipinski definition) is 2. The second-order valence-electron chi connectivity index (χ2n) is 7.51. The lowest BCUT2D eigenvalue weighted by atomic mass is 9.94. The zero-order chi connectivity index (χ0) is 22.1. The number of aromatic nitrogens is 4. The van der Waals surface area contributed by atoms with Gasteiger partial charge in [0.1, 0.15) is 5.76 Å². The summed E-state index contributed by atoms with van der Waals surface area (Å²) in [6, 6.07) is 6.25. The van der Waals surface area contributed by atoms with E-state index in [2.05, 4.69) is 15.2 Å². The van der Waals surface area contributed by atoms with Crippen molar-refractivity contribution in [3.8, 4) is 0 Å². The second-order valence-corrected chi connectivity index (χ2v) is 7.95. The molecule has 1 atom stereocenters. The largest absolute Gasteiger partial charge is 0.507 e.